The normalized spacial score (nSPS) is 11.9. The van der Waals surface area contributed by atoms with Crippen LogP contribution in [0, 0.1) is 0 Å². The van der Waals surface area contributed by atoms with Gasteiger partial charge in [-0.2, -0.15) is 13.2 Å². The van der Waals surface area contributed by atoms with Gasteiger partial charge in [0.15, 0.2) is 11.3 Å². The zero-order valence-electron chi connectivity index (χ0n) is 11.2. The van der Waals surface area contributed by atoms with Gasteiger partial charge in [-0.05, 0) is 22.0 Å². The van der Waals surface area contributed by atoms with E-state index in [2.05, 4.69) is 25.9 Å². The summed E-state index contributed by atoms with van der Waals surface area (Å²) in [5.74, 6) is -1.13. The first-order valence-electron chi connectivity index (χ1n) is 5.81. The topological polar surface area (TPSA) is 104 Å². The highest BCUT2D eigenvalue weighted by molar-refractivity contribution is 9.10. The van der Waals surface area contributed by atoms with Gasteiger partial charge in [-0.25, -0.2) is 9.97 Å². The highest BCUT2D eigenvalue weighted by Gasteiger charge is 2.37. The van der Waals surface area contributed by atoms with Gasteiger partial charge in [-0.15, -0.1) is 0 Å². The monoisotopic (exact) mass is 378 g/mol. The molecule has 2 heterocycles. The van der Waals surface area contributed by atoms with E-state index >= 15 is 0 Å². The summed E-state index contributed by atoms with van der Waals surface area (Å²) in [5.41, 5.74) is 9.35. The van der Waals surface area contributed by atoms with Crippen molar-refractivity contribution in [2.75, 3.05) is 12.8 Å². The predicted octanol–water partition coefficient (Wildman–Crippen LogP) is 2.24. The van der Waals surface area contributed by atoms with Crippen molar-refractivity contribution in [1.29, 1.82) is 0 Å². The number of aromatic nitrogens is 2. The second kappa shape index (κ2) is 5.69. The first-order valence-corrected chi connectivity index (χ1v) is 6.60. The van der Waals surface area contributed by atoms with Gasteiger partial charge < -0.3 is 16.2 Å². The van der Waals surface area contributed by atoms with Crippen LogP contribution in [0.5, 0.6) is 0 Å². The van der Waals surface area contributed by atoms with Crippen LogP contribution in [0.1, 0.15) is 21.6 Å². The average molecular weight is 379 g/mol. The predicted molar refractivity (Wildman–Crippen MR) is 75.9 cm³/mol. The van der Waals surface area contributed by atoms with Gasteiger partial charge in [0.1, 0.15) is 5.82 Å². The van der Waals surface area contributed by atoms with Crippen LogP contribution in [-0.2, 0) is 17.5 Å². The molecule has 0 unspecified atom stereocenters. The van der Waals surface area contributed by atoms with E-state index in [1.54, 1.807) is 0 Å². The number of halogens is 4. The molecule has 0 aliphatic heterocycles. The third-order valence-corrected chi connectivity index (χ3v) is 3.72. The van der Waals surface area contributed by atoms with Crippen LogP contribution >= 0.6 is 15.9 Å². The lowest BCUT2D eigenvalue weighted by molar-refractivity contribution is -0.141. The molecule has 0 spiro atoms. The van der Waals surface area contributed by atoms with Gasteiger partial charge in [0, 0.05) is 18.1 Å². The van der Waals surface area contributed by atoms with Crippen LogP contribution in [0.25, 0.3) is 11.0 Å². The summed E-state index contributed by atoms with van der Waals surface area (Å²) in [7, 11) is 1.33. The van der Waals surface area contributed by atoms with Crippen molar-refractivity contribution >= 4 is 38.7 Å². The maximum absolute atomic E-state index is 13.0. The number of pyridine rings is 2. The molecule has 118 valence electrons. The van der Waals surface area contributed by atoms with E-state index in [0.29, 0.717) is 0 Å². The number of hydrogen-bond acceptors (Lipinski definition) is 5. The molecular formula is C12H10BrF3N4O2. The number of nitrogens with two attached hydrogens (primary N) is 2. The average Bonchev–Trinajstić information content (AvgIpc) is 2.39. The molecule has 0 aliphatic carbocycles. The lowest BCUT2D eigenvalue weighted by Crippen LogP contribution is -2.16. The van der Waals surface area contributed by atoms with Gasteiger partial charge in [0.25, 0.3) is 5.91 Å². The number of primary amides is 1. The molecule has 10 heteroatoms. The van der Waals surface area contributed by atoms with E-state index in [4.69, 9.17) is 16.2 Å². The summed E-state index contributed by atoms with van der Waals surface area (Å²) in [6.07, 6.45) is -4.69. The zero-order chi connectivity index (χ0) is 16.7. The van der Waals surface area contributed by atoms with Gasteiger partial charge >= 0.3 is 6.18 Å². The summed E-state index contributed by atoms with van der Waals surface area (Å²) in [6, 6.07) is 1.26. The number of anilines is 1. The fraction of sp³-hybridized carbons (Fsp3) is 0.250. The molecule has 0 bridgehead atoms. The Hall–Kier alpha value is -1.94. The number of carbonyl (C=O) groups is 1. The number of alkyl halides is 3. The van der Waals surface area contributed by atoms with Crippen molar-refractivity contribution in [3.05, 3.63) is 27.4 Å². The number of ether oxygens (including phenoxy) is 1. The largest absolute Gasteiger partial charge is 0.434 e. The van der Waals surface area contributed by atoms with Crippen molar-refractivity contribution in [2.24, 2.45) is 5.73 Å². The van der Waals surface area contributed by atoms with Crippen LogP contribution in [0.15, 0.2) is 10.5 Å². The quantitative estimate of drug-likeness (QED) is 0.851. The number of fused-ring (bicyclic) bond motifs is 1. The summed E-state index contributed by atoms with van der Waals surface area (Å²) in [4.78, 5) is 18.5. The maximum Gasteiger partial charge on any atom is 0.434 e. The highest BCUT2D eigenvalue weighted by atomic mass is 79.9. The van der Waals surface area contributed by atoms with E-state index in [9.17, 15) is 18.0 Å². The molecule has 0 fully saturated rings. The molecule has 1 amide bonds. The van der Waals surface area contributed by atoms with Crippen molar-refractivity contribution < 1.29 is 22.7 Å². The number of nitrogen functional groups attached to an aromatic ring is 1. The molecule has 22 heavy (non-hydrogen) atoms. The Balaban J connectivity index is 2.90. The Morgan fingerprint density at radius 1 is 1.41 bits per heavy atom. The van der Waals surface area contributed by atoms with Crippen LogP contribution in [-0.4, -0.2) is 23.0 Å². The SMILES string of the molecule is COCc1c(Br)c(C(F)(F)F)nc2nc(N)c(C(N)=O)cc12. The Morgan fingerprint density at radius 3 is 2.55 bits per heavy atom. The minimum atomic E-state index is -4.69. The van der Waals surface area contributed by atoms with Gasteiger partial charge in [-0.1, -0.05) is 0 Å². The third-order valence-electron chi connectivity index (χ3n) is 2.87. The lowest BCUT2D eigenvalue weighted by atomic mass is 10.1. The number of nitrogens with zero attached hydrogens (tertiary/aromatic N) is 2. The minimum Gasteiger partial charge on any atom is -0.383 e. The van der Waals surface area contributed by atoms with Gasteiger partial charge in [-0.3, -0.25) is 4.79 Å². The lowest BCUT2D eigenvalue weighted by Gasteiger charge is -2.15. The van der Waals surface area contributed by atoms with Crippen molar-refractivity contribution in [3.8, 4) is 0 Å². The second-order valence-electron chi connectivity index (χ2n) is 4.34. The first kappa shape index (κ1) is 16.4. The molecule has 0 saturated carbocycles. The Labute approximate surface area is 130 Å². The molecule has 0 saturated heterocycles. The summed E-state index contributed by atoms with van der Waals surface area (Å²) < 4.78 is 43.7. The third kappa shape index (κ3) is 2.83. The molecule has 0 aromatic carbocycles. The molecule has 2 aromatic heterocycles. The van der Waals surface area contributed by atoms with E-state index < -0.39 is 17.8 Å². The molecule has 0 aliphatic rings. The van der Waals surface area contributed by atoms with Crippen molar-refractivity contribution in [2.45, 2.75) is 12.8 Å². The molecular weight excluding hydrogens is 369 g/mol. The Kier molecular flexibility index (Phi) is 4.25. The number of carbonyl (C=O) groups excluding carboxylic acids is 1. The standard InChI is InChI=1S/C12H10BrF3N4O2/c1-22-3-6-4-2-5(10(18)21)9(17)20-11(4)19-8(7(6)13)12(14,15)16/h2H,3H2,1H3,(H2,18,21)(H2,17,19,20). The van der Waals surface area contributed by atoms with E-state index in [0.717, 1.165) is 0 Å². The van der Waals surface area contributed by atoms with Crippen LogP contribution in [0.3, 0.4) is 0 Å². The Bertz CT molecular complexity index is 764. The van der Waals surface area contributed by atoms with Crippen LogP contribution in [0.4, 0.5) is 19.0 Å². The number of methoxy groups -OCH3 is 1. The highest BCUT2D eigenvalue weighted by Crippen LogP contribution is 2.38. The number of rotatable bonds is 3. The smallest absolute Gasteiger partial charge is 0.383 e. The summed E-state index contributed by atoms with van der Waals surface area (Å²) in [6.45, 7) is -0.146. The second-order valence-corrected chi connectivity index (χ2v) is 5.13. The van der Waals surface area contributed by atoms with Gasteiger partial charge in [0.05, 0.1) is 16.6 Å². The summed E-state index contributed by atoms with van der Waals surface area (Å²) in [5, 5.41) is 0.199. The van der Waals surface area contributed by atoms with E-state index in [1.807, 2.05) is 0 Å². The zero-order valence-corrected chi connectivity index (χ0v) is 12.7. The van der Waals surface area contributed by atoms with Crippen LogP contribution in [0.2, 0.25) is 0 Å². The Morgan fingerprint density at radius 2 is 2.05 bits per heavy atom. The fourth-order valence-corrected chi connectivity index (χ4v) is 2.55. The summed E-state index contributed by atoms with van der Waals surface area (Å²) >= 11 is 2.88. The van der Waals surface area contributed by atoms with Crippen LogP contribution < -0.4 is 11.5 Å². The van der Waals surface area contributed by atoms with Gasteiger partial charge in [0.2, 0.25) is 0 Å². The minimum absolute atomic E-state index is 0.0988. The van der Waals surface area contributed by atoms with Crippen molar-refractivity contribution in [1.82, 2.24) is 9.97 Å². The molecule has 0 radical (unpaired) electrons. The van der Waals surface area contributed by atoms with E-state index in [1.165, 1.54) is 13.2 Å². The molecule has 0 atom stereocenters. The molecule has 6 nitrogen and oxygen atoms in total. The maximum atomic E-state index is 13.0. The first-order chi connectivity index (χ1) is 10.2. The number of amides is 1. The number of hydrogen-bond donors (Lipinski definition) is 2. The van der Waals surface area contributed by atoms with E-state index in [-0.39, 0.29) is 39.1 Å². The fourth-order valence-electron chi connectivity index (χ4n) is 1.91. The van der Waals surface area contributed by atoms with Crippen molar-refractivity contribution in [3.63, 3.8) is 0 Å². The molecule has 4 N–H and O–H groups in total. The molecule has 2 aromatic rings. The molecule has 2 rings (SSSR count).